The molecular weight excluding hydrogens is 300 g/mol. The molecule has 0 bridgehead atoms. The van der Waals surface area contributed by atoms with Crippen LogP contribution < -0.4 is 10.2 Å². The summed E-state index contributed by atoms with van der Waals surface area (Å²) in [5.41, 5.74) is 3.93. The molecule has 1 aromatic heterocycles. The SMILES string of the molecule is Cc1cc(N(C)Cc2ccc(Cl)s2)ccc1CNC(C)C. The molecule has 0 saturated carbocycles. The van der Waals surface area contributed by atoms with Crippen LogP contribution in [0, 0.1) is 6.92 Å². The summed E-state index contributed by atoms with van der Waals surface area (Å²) in [5.74, 6) is 0. The van der Waals surface area contributed by atoms with Crippen molar-refractivity contribution in [3.63, 3.8) is 0 Å². The lowest BCUT2D eigenvalue weighted by molar-refractivity contribution is 0.587. The highest BCUT2D eigenvalue weighted by molar-refractivity contribution is 7.16. The molecule has 21 heavy (non-hydrogen) atoms. The van der Waals surface area contributed by atoms with Gasteiger partial charge >= 0.3 is 0 Å². The first-order chi connectivity index (χ1) is 9.95. The summed E-state index contributed by atoms with van der Waals surface area (Å²) in [5, 5.41) is 3.47. The Morgan fingerprint density at radius 3 is 2.57 bits per heavy atom. The molecule has 2 rings (SSSR count). The van der Waals surface area contributed by atoms with Crippen molar-refractivity contribution in [2.24, 2.45) is 0 Å². The van der Waals surface area contributed by atoms with E-state index in [2.05, 4.69) is 62.3 Å². The third-order valence-corrected chi connectivity index (χ3v) is 4.71. The Hall–Kier alpha value is -1.03. The van der Waals surface area contributed by atoms with Gasteiger partial charge in [-0.1, -0.05) is 31.5 Å². The Labute approximate surface area is 136 Å². The molecule has 0 spiro atoms. The molecule has 2 nitrogen and oxygen atoms in total. The molecule has 2 aromatic rings. The van der Waals surface area contributed by atoms with E-state index in [0.717, 1.165) is 17.4 Å². The monoisotopic (exact) mass is 322 g/mol. The molecular formula is C17H23ClN2S. The fraction of sp³-hybridized carbons (Fsp3) is 0.412. The van der Waals surface area contributed by atoms with Crippen molar-refractivity contribution in [2.75, 3.05) is 11.9 Å². The van der Waals surface area contributed by atoms with Gasteiger partial charge in [-0.15, -0.1) is 11.3 Å². The highest BCUT2D eigenvalue weighted by Gasteiger charge is 2.07. The van der Waals surface area contributed by atoms with Crippen LogP contribution >= 0.6 is 22.9 Å². The molecule has 1 N–H and O–H groups in total. The Balaban J connectivity index is 2.04. The third-order valence-electron chi connectivity index (χ3n) is 3.49. The van der Waals surface area contributed by atoms with Gasteiger partial charge in [-0.05, 0) is 42.3 Å². The van der Waals surface area contributed by atoms with E-state index in [-0.39, 0.29) is 0 Å². The van der Waals surface area contributed by atoms with Crippen LogP contribution in [0.4, 0.5) is 5.69 Å². The van der Waals surface area contributed by atoms with Crippen LogP contribution in [0.1, 0.15) is 29.9 Å². The first-order valence-electron chi connectivity index (χ1n) is 7.24. The van der Waals surface area contributed by atoms with Crippen molar-refractivity contribution in [3.05, 3.63) is 50.7 Å². The number of thiophene rings is 1. The largest absolute Gasteiger partial charge is 0.369 e. The number of halogens is 1. The summed E-state index contributed by atoms with van der Waals surface area (Å²) in [4.78, 5) is 3.54. The minimum absolute atomic E-state index is 0.510. The molecule has 0 unspecified atom stereocenters. The number of nitrogens with one attached hydrogen (secondary N) is 1. The second-order valence-corrected chi connectivity index (χ2v) is 7.51. The molecule has 0 aliphatic carbocycles. The summed E-state index contributed by atoms with van der Waals surface area (Å²) in [6, 6.07) is 11.2. The lowest BCUT2D eigenvalue weighted by atomic mass is 10.1. The molecule has 114 valence electrons. The molecule has 0 saturated heterocycles. The quantitative estimate of drug-likeness (QED) is 0.818. The van der Waals surface area contributed by atoms with Crippen LogP contribution in [-0.4, -0.2) is 13.1 Å². The Morgan fingerprint density at radius 2 is 2.00 bits per heavy atom. The van der Waals surface area contributed by atoms with Crippen LogP contribution in [0.3, 0.4) is 0 Å². The van der Waals surface area contributed by atoms with E-state index in [1.807, 2.05) is 6.07 Å². The zero-order valence-corrected chi connectivity index (χ0v) is 14.7. The number of benzene rings is 1. The van der Waals surface area contributed by atoms with E-state index in [0.29, 0.717) is 6.04 Å². The van der Waals surface area contributed by atoms with Crippen LogP contribution in [0.2, 0.25) is 4.34 Å². The lowest BCUT2D eigenvalue weighted by Gasteiger charge is -2.20. The predicted octanol–water partition coefficient (Wildman–Crippen LogP) is 4.84. The van der Waals surface area contributed by atoms with E-state index in [9.17, 15) is 0 Å². The van der Waals surface area contributed by atoms with Gasteiger partial charge in [0.1, 0.15) is 0 Å². The second kappa shape index (κ2) is 7.30. The third kappa shape index (κ3) is 4.73. The van der Waals surface area contributed by atoms with Gasteiger partial charge in [-0.3, -0.25) is 0 Å². The zero-order chi connectivity index (χ0) is 15.4. The highest BCUT2D eigenvalue weighted by Crippen LogP contribution is 2.25. The van der Waals surface area contributed by atoms with Crippen LogP contribution in [0.5, 0.6) is 0 Å². The first kappa shape index (κ1) is 16.3. The van der Waals surface area contributed by atoms with Gasteiger partial charge in [0.25, 0.3) is 0 Å². The maximum Gasteiger partial charge on any atom is 0.0931 e. The minimum Gasteiger partial charge on any atom is -0.369 e. The molecule has 0 fully saturated rings. The summed E-state index contributed by atoms with van der Waals surface area (Å²) < 4.78 is 0.852. The molecule has 0 radical (unpaired) electrons. The molecule has 1 aromatic carbocycles. The standard InChI is InChI=1S/C17H23ClN2S/c1-12(2)19-10-14-5-6-15(9-13(14)3)20(4)11-16-7-8-17(18)21-16/h5-9,12,19H,10-11H2,1-4H3. The Morgan fingerprint density at radius 1 is 1.24 bits per heavy atom. The van der Waals surface area contributed by atoms with Crippen molar-refractivity contribution in [1.82, 2.24) is 5.32 Å². The maximum atomic E-state index is 5.99. The zero-order valence-electron chi connectivity index (χ0n) is 13.1. The van der Waals surface area contributed by atoms with Crippen LogP contribution in [-0.2, 0) is 13.1 Å². The average Bonchev–Trinajstić information content (AvgIpc) is 2.82. The van der Waals surface area contributed by atoms with Gasteiger partial charge in [0.15, 0.2) is 0 Å². The molecule has 0 atom stereocenters. The number of rotatable bonds is 6. The van der Waals surface area contributed by atoms with E-state index in [1.54, 1.807) is 11.3 Å². The van der Waals surface area contributed by atoms with Gasteiger partial charge in [-0.2, -0.15) is 0 Å². The molecule has 0 aliphatic rings. The van der Waals surface area contributed by atoms with Gasteiger partial charge < -0.3 is 10.2 Å². The first-order valence-corrected chi connectivity index (χ1v) is 8.43. The van der Waals surface area contributed by atoms with Crippen LogP contribution in [0.25, 0.3) is 0 Å². The summed E-state index contributed by atoms with van der Waals surface area (Å²) in [6.07, 6.45) is 0. The van der Waals surface area contributed by atoms with E-state index >= 15 is 0 Å². The predicted molar refractivity (Wildman–Crippen MR) is 94.6 cm³/mol. The van der Waals surface area contributed by atoms with Crippen LogP contribution in [0.15, 0.2) is 30.3 Å². The topological polar surface area (TPSA) is 15.3 Å². The Kier molecular flexibility index (Phi) is 5.68. The lowest BCUT2D eigenvalue weighted by Crippen LogP contribution is -2.22. The summed E-state index contributed by atoms with van der Waals surface area (Å²) in [6.45, 7) is 8.33. The molecule has 1 heterocycles. The second-order valence-electron chi connectivity index (χ2n) is 5.71. The van der Waals surface area contributed by atoms with Crippen molar-refractivity contribution in [3.8, 4) is 0 Å². The molecule has 4 heteroatoms. The smallest absolute Gasteiger partial charge is 0.0931 e. The number of aryl methyl sites for hydroxylation is 1. The molecule has 0 amide bonds. The fourth-order valence-corrected chi connectivity index (χ4v) is 3.33. The van der Waals surface area contributed by atoms with Crippen molar-refractivity contribution in [1.29, 1.82) is 0 Å². The number of nitrogens with zero attached hydrogens (tertiary/aromatic N) is 1. The number of hydrogen-bond donors (Lipinski definition) is 1. The van der Waals surface area contributed by atoms with E-state index < -0.39 is 0 Å². The van der Waals surface area contributed by atoms with Gasteiger partial charge in [0.2, 0.25) is 0 Å². The minimum atomic E-state index is 0.510. The summed E-state index contributed by atoms with van der Waals surface area (Å²) >= 11 is 7.63. The van der Waals surface area contributed by atoms with Crippen molar-refractivity contribution >= 4 is 28.6 Å². The maximum absolute atomic E-state index is 5.99. The van der Waals surface area contributed by atoms with Crippen molar-refractivity contribution < 1.29 is 0 Å². The number of anilines is 1. The summed E-state index contributed by atoms with van der Waals surface area (Å²) in [7, 11) is 2.12. The Bertz CT molecular complexity index is 592. The van der Waals surface area contributed by atoms with E-state index in [4.69, 9.17) is 11.6 Å². The average molecular weight is 323 g/mol. The van der Waals surface area contributed by atoms with E-state index in [1.165, 1.54) is 21.7 Å². The van der Waals surface area contributed by atoms with Gasteiger partial charge in [0, 0.05) is 30.2 Å². The van der Waals surface area contributed by atoms with Crippen molar-refractivity contribution in [2.45, 2.75) is 39.9 Å². The van der Waals surface area contributed by atoms with Gasteiger partial charge in [0.05, 0.1) is 10.9 Å². The highest BCUT2D eigenvalue weighted by atomic mass is 35.5. The van der Waals surface area contributed by atoms with Gasteiger partial charge in [-0.25, -0.2) is 0 Å². The number of hydrogen-bond acceptors (Lipinski definition) is 3. The molecule has 0 aliphatic heterocycles. The fourth-order valence-electron chi connectivity index (χ4n) is 2.19. The normalized spacial score (nSPS) is 11.1.